The van der Waals surface area contributed by atoms with Crippen LogP contribution in [0.25, 0.3) is 0 Å². The first-order valence-corrected chi connectivity index (χ1v) is 8.32. The predicted octanol–water partition coefficient (Wildman–Crippen LogP) is 0.627. The lowest BCUT2D eigenvalue weighted by molar-refractivity contribution is -0.0825. The SMILES string of the molecule is CO[C@]12CC[C@H](O)C[C@H]1N(C(=O)c1n[nH]c3c1COCC3)CC2. The fourth-order valence-corrected chi connectivity index (χ4v) is 4.34. The Morgan fingerprint density at radius 2 is 2.39 bits per heavy atom. The van der Waals surface area contributed by atoms with E-state index in [9.17, 15) is 9.90 Å². The summed E-state index contributed by atoms with van der Waals surface area (Å²) in [5.41, 5.74) is 2.03. The van der Waals surface area contributed by atoms with Gasteiger partial charge < -0.3 is 19.5 Å². The zero-order valence-electron chi connectivity index (χ0n) is 13.4. The monoisotopic (exact) mass is 321 g/mol. The number of ether oxygens (including phenoxy) is 2. The van der Waals surface area contributed by atoms with Gasteiger partial charge >= 0.3 is 0 Å². The molecule has 2 N–H and O–H groups in total. The third-order valence-electron chi connectivity index (χ3n) is 5.72. The normalized spacial score (nSPS) is 33.4. The number of carbonyl (C=O) groups excluding carboxylic acids is 1. The van der Waals surface area contributed by atoms with Gasteiger partial charge in [0.1, 0.15) is 0 Å². The number of aliphatic hydroxyl groups excluding tert-OH is 1. The average molecular weight is 321 g/mol. The van der Waals surface area contributed by atoms with E-state index in [0.29, 0.717) is 31.9 Å². The van der Waals surface area contributed by atoms with Gasteiger partial charge in [0.05, 0.1) is 31.0 Å². The fraction of sp³-hybridized carbons (Fsp3) is 0.750. The van der Waals surface area contributed by atoms with Gasteiger partial charge in [-0.1, -0.05) is 0 Å². The highest BCUT2D eigenvalue weighted by Gasteiger charge is 2.52. The van der Waals surface area contributed by atoms with E-state index in [2.05, 4.69) is 10.2 Å². The minimum Gasteiger partial charge on any atom is -0.393 e. The van der Waals surface area contributed by atoms with Crippen molar-refractivity contribution in [3.05, 3.63) is 17.0 Å². The minimum atomic E-state index is -0.367. The third kappa shape index (κ3) is 2.29. The van der Waals surface area contributed by atoms with Crippen LogP contribution >= 0.6 is 0 Å². The quantitative estimate of drug-likeness (QED) is 0.834. The largest absolute Gasteiger partial charge is 0.393 e. The van der Waals surface area contributed by atoms with Crippen LogP contribution in [0.5, 0.6) is 0 Å². The highest BCUT2D eigenvalue weighted by molar-refractivity contribution is 5.94. The van der Waals surface area contributed by atoms with Crippen LogP contribution < -0.4 is 0 Å². The number of amides is 1. The molecule has 1 aromatic heterocycles. The van der Waals surface area contributed by atoms with Crippen LogP contribution in [-0.2, 0) is 22.5 Å². The Kier molecular flexibility index (Phi) is 3.66. The van der Waals surface area contributed by atoms with Crippen molar-refractivity contribution >= 4 is 5.91 Å². The number of aromatic nitrogens is 2. The minimum absolute atomic E-state index is 0.0778. The number of nitrogens with one attached hydrogen (secondary N) is 1. The molecule has 1 aromatic rings. The maximum absolute atomic E-state index is 13.1. The number of nitrogens with zero attached hydrogens (tertiary/aromatic N) is 2. The smallest absolute Gasteiger partial charge is 0.275 e. The molecule has 4 rings (SSSR count). The molecule has 0 unspecified atom stereocenters. The highest BCUT2D eigenvalue weighted by atomic mass is 16.5. The molecule has 3 atom stereocenters. The predicted molar refractivity (Wildman–Crippen MR) is 81.0 cm³/mol. The summed E-state index contributed by atoms with van der Waals surface area (Å²) in [7, 11) is 1.71. The molecule has 1 amide bonds. The molecule has 1 aliphatic carbocycles. The second-order valence-electron chi connectivity index (χ2n) is 6.79. The van der Waals surface area contributed by atoms with Gasteiger partial charge in [0.15, 0.2) is 5.69 Å². The van der Waals surface area contributed by atoms with E-state index in [0.717, 1.165) is 36.9 Å². The van der Waals surface area contributed by atoms with E-state index < -0.39 is 0 Å². The molecule has 0 spiro atoms. The van der Waals surface area contributed by atoms with Crippen LogP contribution in [0, 0.1) is 0 Å². The number of H-pyrrole nitrogens is 1. The lowest BCUT2D eigenvalue weighted by Crippen LogP contribution is -2.53. The number of fused-ring (bicyclic) bond motifs is 2. The standard InChI is InChI=1S/C16H23N3O4/c1-22-16-4-2-10(20)8-13(16)19(6-5-16)15(21)14-11-9-23-7-3-12(11)17-18-14/h10,13,20H,2-9H2,1H3,(H,17,18)/t10-,13+,16-/m0/s1. The van der Waals surface area contributed by atoms with Crippen LogP contribution in [-0.4, -0.2) is 64.1 Å². The summed E-state index contributed by atoms with van der Waals surface area (Å²) in [6, 6.07) is -0.0828. The van der Waals surface area contributed by atoms with E-state index in [1.165, 1.54) is 0 Å². The molecule has 0 aromatic carbocycles. The lowest BCUT2D eigenvalue weighted by atomic mass is 9.79. The van der Waals surface area contributed by atoms with Gasteiger partial charge in [-0.3, -0.25) is 9.89 Å². The molecule has 2 aliphatic heterocycles. The molecule has 2 fully saturated rings. The van der Waals surface area contributed by atoms with Crippen molar-refractivity contribution in [1.29, 1.82) is 0 Å². The third-order valence-corrected chi connectivity index (χ3v) is 5.72. The Hall–Kier alpha value is -1.44. The highest BCUT2D eigenvalue weighted by Crippen LogP contribution is 2.43. The summed E-state index contributed by atoms with van der Waals surface area (Å²) in [6.45, 7) is 1.74. The van der Waals surface area contributed by atoms with Gasteiger partial charge in [-0.15, -0.1) is 0 Å². The van der Waals surface area contributed by atoms with Crippen molar-refractivity contribution in [2.75, 3.05) is 20.3 Å². The first-order valence-electron chi connectivity index (χ1n) is 8.32. The molecule has 7 nitrogen and oxygen atoms in total. The van der Waals surface area contributed by atoms with Gasteiger partial charge in [0.2, 0.25) is 0 Å². The molecular formula is C16H23N3O4. The van der Waals surface area contributed by atoms with Crippen LogP contribution in [0.4, 0.5) is 0 Å². The van der Waals surface area contributed by atoms with Crippen LogP contribution in [0.1, 0.15) is 47.4 Å². The summed E-state index contributed by atoms with van der Waals surface area (Å²) < 4.78 is 11.3. The van der Waals surface area contributed by atoms with E-state index in [4.69, 9.17) is 9.47 Å². The first kappa shape index (κ1) is 15.1. The molecule has 0 bridgehead atoms. The molecule has 126 valence electrons. The van der Waals surface area contributed by atoms with Gasteiger partial charge in [-0.25, -0.2) is 0 Å². The molecule has 23 heavy (non-hydrogen) atoms. The van der Waals surface area contributed by atoms with Crippen molar-refractivity contribution in [2.24, 2.45) is 0 Å². The van der Waals surface area contributed by atoms with Crippen molar-refractivity contribution in [3.8, 4) is 0 Å². The topological polar surface area (TPSA) is 87.7 Å². The number of likely N-dealkylation sites (tertiary alicyclic amines) is 1. The van der Waals surface area contributed by atoms with E-state index in [-0.39, 0.29) is 23.7 Å². The first-order chi connectivity index (χ1) is 11.1. The second-order valence-corrected chi connectivity index (χ2v) is 6.79. The lowest BCUT2D eigenvalue weighted by Gasteiger charge is -2.42. The summed E-state index contributed by atoms with van der Waals surface area (Å²) in [4.78, 5) is 14.9. The molecule has 1 saturated heterocycles. The van der Waals surface area contributed by atoms with Crippen LogP contribution in [0.2, 0.25) is 0 Å². The Morgan fingerprint density at radius 3 is 3.22 bits per heavy atom. The Labute approximate surface area is 134 Å². The molecule has 3 aliphatic rings. The number of hydrogen-bond acceptors (Lipinski definition) is 5. The fourth-order valence-electron chi connectivity index (χ4n) is 4.34. The van der Waals surface area contributed by atoms with E-state index in [1.807, 2.05) is 4.90 Å². The molecular weight excluding hydrogens is 298 g/mol. The summed E-state index contributed by atoms with van der Waals surface area (Å²) in [6.07, 6.45) is 3.31. The number of aromatic amines is 1. The van der Waals surface area contributed by atoms with Crippen molar-refractivity contribution < 1.29 is 19.4 Å². The number of aliphatic hydroxyl groups is 1. The summed E-state index contributed by atoms with van der Waals surface area (Å²) >= 11 is 0. The number of methoxy groups -OCH3 is 1. The van der Waals surface area contributed by atoms with Gasteiger partial charge in [-0.2, -0.15) is 5.10 Å². The number of hydrogen-bond donors (Lipinski definition) is 2. The Balaban J connectivity index is 1.62. The van der Waals surface area contributed by atoms with Crippen molar-refractivity contribution in [3.63, 3.8) is 0 Å². The second kappa shape index (κ2) is 5.58. The molecule has 1 saturated carbocycles. The number of rotatable bonds is 2. The molecule has 3 heterocycles. The van der Waals surface area contributed by atoms with Gasteiger partial charge in [0, 0.05) is 31.3 Å². The van der Waals surface area contributed by atoms with Gasteiger partial charge in [0.25, 0.3) is 5.91 Å². The maximum atomic E-state index is 13.1. The zero-order chi connectivity index (χ0) is 16.0. The summed E-state index contributed by atoms with van der Waals surface area (Å²) in [5, 5.41) is 17.3. The van der Waals surface area contributed by atoms with Crippen molar-refractivity contribution in [2.45, 2.75) is 56.5 Å². The number of carbonyl (C=O) groups is 1. The molecule has 7 heteroatoms. The van der Waals surface area contributed by atoms with Crippen molar-refractivity contribution in [1.82, 2.24) is 15.1 Å². The maximum Gasteiger partial charge on any atom is 0.275 e. The van der Waals surface area contributed by atoms with Crippen LogP contribution in [0.15, 0.2) is 0 Å². The zero-order valence-corrected chi connectivity index (χ0v) is 13.4. The summed E-state index contributed by atoms with van der Waals surface area (Å²) in [5.74, 6) is -0.0778. The van der Waals surface area contributed by atoms with Gasteiger partial charge in [-0.05, 0) is 25.7 Å². The van der Waals surface area contributed by atoms with E-state index in [1.54, 1.807) is 7.11 Å². The Bertz CT molecular complexity index is 616. The van der Waals surface area contributed by atoms with E-state index >= 15 is 0 Å². The average Bonchev–Trinajstić information content (AvgIpc) is 3.16. The Morgan fingerprint density at radius 1 is 1.52 bits per heavy atom. The van der Waals surface area contributed by atoms with Crippen LogP contribution in [0.3, 0.4) is 0 Å². The molecule has 0 radical (unpaired) electrons.